The van der Waals surface area contributed by atoms with Gasteiger partial charge in [0.25, 0.3) is 0 Å². The number of hydrogen-bond donors (Lipinski definition) is 0. The molecule has 0 N–H and O–H groups in total. The Kier molecular flexibility index (Phi) is 3.78. The Balaban J connectivity index is 2.23. The summed E-state index contributed by atoms with van der Waals surface area (Å²) in [6.45, 7) is 5.94. The van der Waals surface area contributed by atoms with Gasteiger partial charge < -0.3 is 4.74 Å². The van der Waals surface area contributed by atoms with E-state index in [1.54, 1.807) is 6.92 Å². The summed E-state index contributed by atoms with van der Waals surface area (Å²) in [6.07, 6.45) is 0. The molecule has 6 heteroatoms. The minimum absolute atomic E-state index is 0.269. The fourth-order valence-electron chi connectivity index (χ4n) is 2.58. The molecule has 0 spiro atoms. The molecule has 1 aromatic carbocycles. The summed E-state index contributed by atoms with van der Waals surface area (Å²) in [7, 11) is 1.39. The lowest BCUT2D eigenvalue weighted by atomic mass is 10.1. The Labute approximate surface area is 132 Å². The fraction of sp³-hybridized carbons (Fsp3) is 0.312. The van der Waals surface area contributed by atoms with E-state index in [4.69, 9.17) is 4.74 Å². The number of carbonyl (C=O) groups is 1. The maximum Gasteiger partial charge on any atom is 0.318 e. The minimum atomic E-state index is -0.335. The van der Waals surface area contributed by atoms with E-state index in [0.717, 1.165) is 22.3 Å². The third-order valence-corrected chi connectivity index (χ3v) is 4.73. The number of hydrogen-bond acceptors (Lipinski definition) is 5. The van der Waals surface area contributed by atoms with Gasteiger partial charge in [0.15, 0.2) is 10.8 Å². The van der Waals surface area contributed by atoms with Gasteiger partial charge in [-0.1, -0.05) is 30.0 Å². The van der Waals surface area contributed by atoms with Crippen molar-refractivity contribution >= 4 is 34.3 Å². The first kappa shape index (κ1) is 14.8. The van der Waals surface area contributed by atoms with Crippen LogP contribution in [-0.4, -0.2) is 32.9 Å². The van der Waals surface area contributed by atoms with Crippen LogP contribution in [0.3, 0.4) is 0 Å². The van der Waals surface area contributed by atoms with Gasteiger partial charge in [0.1, 0.15) is 5.25 Å². The first-order valence-electron chi connectivity index (χ1n) is 7.01. The summed E-state index contributed by atoms with van der Waals surface area (Å²) in [5.41, 5.74) is 4.19. The maximum absolute atomic E-state index is 11.7. The molecular formula is C16H17N3O2S. The largest absolute Gasteiger partial charge is 0.468 e. The Morgan fingerprint density at radius 2 is 2.05 bits per heavy atom. The number of aryl methyl sites for hydroxylation is 2. The molecule has 0 radical (unpaired) electrons. The predicted octanol–water partition coefficient (Wildman–Crippen LogP) is 3.15. The second-order valence-electron chi connectivity index (χ2n) is 5.26. The number of benzene rings is 1. The SMILES string of the molecule is COC(=O)[C@@H](C)Sc1nnc2cc(C)c3cccc(C)c3n12. The smallest absolute Gasteiger partial charge is 0.318 e. The molecule has 22 heavy (non-hydrogen) atoms. The van der Waals surface area contributed by atoms with Crippen molar-refractivity contribution in [3.8, 4) is 0 Å². The molecule has 1 atom stereocenters. The Morgan fingerprint density at radius 3 is 2.77 bits per heavy atom. The minimum Gasteiger partial charge on any atom is -0.468 e. The first-order chi connectivity index (χ1) is 10.5. The van der Waals surface area contributed by atoms with Crippen LogP contribution in [0, 0.1) is 13.8 Å². The summed E-state index contributed by atoms with van der Waals surface area (Å²) in [6, 6.07) is 8.22. The van der Waals surface area contributed by atoms with Gasteiger partial charge in [-0.25, -0.2) is 0 Å². The van der Waals surface area contributed by atoms with Gasteiger partial charge >= 0.3 is 5.97 Å². The molecule has 3 rings (SSSR count). The third kappa shape index (κ3) is 2.33. The number of thioether (sulfide) groups is 1. The second-order valence-corrected chi connectivity index (χ2v) is 6.57. The van der Waals surface area contributed by atoms with E-state index < -0.39 is 0 Å². The standard InChI is InChI=1S/C16H17N3O2S/c1-9-6-5-7-12-10(2)8-13-17-18-16(19(13)14(9)12)22-11(3)15(20)21-4/h5-8,11H,1-4H3/t11-/m1/s1. The molecule has 0 aliphatic carbocycles. The maximum atomic E-state index is 11.7. The van der Waals surface area contributed by atoms with E-state index in [9.17, 15) is 4.79 Å². The molecule has 0 bridgehead atoms. The molecule has 5 nitrogen and oxygen atoms in total. The van der Waals surface area contributed by atoms with E-state index in [-0.39, 0.29) is 11.2 Å². The number of nitrogens with zero attached hydrogens (tertiary/aromatic N) is 3. The highest BCUT2D eigenvalue weighted by atomic mass is 32.2. The van der Waals surface area contributed by atoms with Crippen molar-refractivity contribution in [3.05, 3.63) is 35.4 Å². The zero-order valence-corrected chi connectivity index (χ0v) is 13.8. The van der Waals surface area contributed by atoms with Crippen molar-refractivity contribution in [3.63, 3.8) is 0 Å². The highest BCUT2D eigenvalue weighted by Gasteiger charge is 2.20. The lowest BCUT2D eigenvalue weighted by Gasteiger charge is -2.11. The van der Waals surface area contributed by atoms with Crippen molar-refractivity contribution in [1.82, 2.24) is 14.6 Å². The predicted molar refractivity (Wildman–Crippen MR) is 87.3 cm³/mol. The van der Waals surface area contributed by atoms with Gasteiger partial charge in [0.2, 0.25) is 0 Å². The number of ether oxygens (including phenoxy) is 1. The zero-order chi connectivity index (χ0) is 15.9. The topological polar surface area (TPSA) is 56.5 Å². The molecule has 3 aromatic rings. The highest BCUT2D eigenvalue weighted by molar-refractivity contribution is 8.00. The van der Waals surface area contributed by atoms with Crippen LogP contribution < -0.4 is 0 Å². The average molecular weight is 315 g/mol. The van der Waals surface area contributed by atoms with Crippen LogP contribution in [-0.2, 0) is 9.53 Å². The van der Waals surface area contributed by atoms with Crippen LogP contribution in [0.15, 0.2) is 29.4 Å². The molecule has 0 fully saturated rings. The summed E-state index contributed by atoms with van der Waals surface area (Å²) >= 11 is 1.36. The van der Waals surface area contributed by atoms with E-state index in [1.165, 1.54) is 24.3 Å². The third-order valence-electron chi connectivity index (χ3n) is 3.71. The molecule has 0 aliphatic heterocycles. The average Bonchev–Trinajstić information content (AvgIpc) is 2.89. The summed E-state index contributed by atoms with van der Waals surface area (Å²) in [4.78, 5) is 11.7. The van der Waals surface area contributed by atoms with Gasteiger partial charge in [-0.2, -0.15) is 0 Å². The monoisotopic (exact) mass is 315 g/mol. The van der Waals surface area contributed by atoms with Gasteiger partial charge in [0.05, 0.1) is 12.6 Å². The molecule has 2 heterocycles. The van der Waals surface area contributed by atoms with Gasteiger partial charge in [-0.05, 0) is 38.0 Å². The van der Waals surface area contributed by atoms with Crippen molar-refractivity contribution in [2.24, 2.45) is 0 Å². The van der Waals surface area contributed by atoms with Crippen LogP contribution >= 0.6 is 11.8 Å². The number of aromatic nitrogens is 3. The number of rotatable bonds is 3. The molecular weight excluding hydrogens is 298 g/mol. The molecule has 0 saturated carbocycles. The van der Waals surface area contributed by atoms with Crippen LogP contribution in [0.2, 0.25) is 0 Å². The normalized spacial score (nSPS) is 12.7. The van der Waals surface area contributed by atoms with Gasteiger partial charge in [-0.15, -0.1) is 10.2 Å². The van der Waals surface area contributed by atoms with Crippen molar-refractivity contribution in [1.29, 1.82) is 0 Å². The van der Waals surface area contributed by atoms with E-state index in [2.05, 4.69) is 36.2 Å². The summed E-state index contributed by atoms with van der Waals surface area (Å²) < 4.78 is 6.80. The quantitative estimate of drug-likeness (QED) is 0.549. The lowest BCUT2D eigenvalue weighted by molar-refractivity contribution is -0.139. The molecule has 0 unspecified atom stereocenters. The fourth-order valence-corrected chi connectivity index (χ4v) is 3.47. The van der Waals surface area contributed by atoms with Crippen LogP contribution in [0.25, 0.3) is 16.6 Å². The number of pyridine rings is 1. The number of fused-ring (bicyclic) bond motifs is 3. The number of para-hydroxylation sites is 1. The molecule has 0 aliphatic rings. The Morgan fingerprint density at radius 1 is 1.27 bits per heavy atom. The van der Waals surface area contributed by atoms with Gasteiger partial charge in [-0.3, -0.25) is 9.20 Å². The van der Waals surface area contributed by atoms with E-state index in [0.29, 0.717) is 5.16 Å². The Hall–Kier alpha value is -2.08. The highest BCUT2D eigenvalue weighted by Crippen LogP contribution is 2.29. The molecule has 0 saturated heterocycles. The Bertz CT molecular complexity index is 873. The second kappa shape index (κ2) is 5.61. The van der Waals surface area contributed by atoms with Crippen LogP contribution in [0.4, 0.5) is 0 Å². The van der Waals surface area contributed by atoms with Crippen LogP contribution in [0.1, 0.15) is 18.1 Å². The lowest BCUT2D eigenvalue weighted by Crippen LogP contribution is -2.15. The molecule has 2 aromatic heterocycles. The van der Waals surface area contributed by atoms with Crippen molar-refractivity contribution in [2.45, 2.75) is 31.2 Å². The van der Waals surface area contributed by atoms with Crippen molar-refractivity contribution < 1.29 is 9.53 Å². The van der Waals surface area contributed by atoms with Gasteiger partial charge in [0, 0.05) is 5.39 Å². The van der Waals surface area contributed by atoms with E-state index in [1.807, 2.05) is 16.5 Å². The number of esters is 1. The summed E-state index contributed by atoms with van der Waals surface area (Å²) in [5.74, 6) is -0.269. The zero-order valence-electron chi connectivity index (χ0n) is 13.0. The number of methoxy groups -OCH3 is 1. The number of carbonyl (C=O) groups excluding carboxylic acids is 1. The first-order valence-corrected chi connectivity index (χ1v) is 7.89. The molecule has 114 valence electrons. The van der Waals surface area contributed by atoms with Crippen molar-refractivity contribution in [2.75, 3.05) is 7.11 Å². The van der Waals surface area contributed by atoms with E-state index >= 15 is 0 Å². The summed E-state index contributed by atoms with van der Waals surface area (Å²) in [5, 5.41) is 10.0. The molecule has 0 amide bonds. The van der Waals surface area contributed by atoms with Crippen LogP contribution in [0.5, 0.6) is 0 Å².